The predicted molar refractivity (Wildman–Crippen MR) is 87.1 cm³/mol. The molecule has 0 aliphatic carbocycles. The average molecular weight is 330 g/mol. The van der Waals surface area contributed by atoms with E-state index >= 15 is 0 Å². The van der Waals surface area contributed by atoms with E-state index in [1.54, 1.807) is 7.11 Å². The molecule has 7 nitrogen and oxygen atoms in total. The number of ether oxygens (including phenoxy) is 3. The van der Waals surface area contributed by atoms with Crippen LogP contribution in [0.3, 0.4) is 0 Å². The van der Waals surface area contributed by atoms with Crippen LogP contribution in [0.15, 0.2) is 18.2 Å². The number of likely N-dealkylation sites (tertiary alicyclic amines) is 1. The zero-order valence-corrected chi connectivity index (χ0v) is 14.0. The molecule has 1 aromatic heterocycles. The van der Waals surface area contributed by atoms with E-state index in [2.05, 4.69) is 32.2 Å². The number of benzene rings is 1. The molecule has 0 unspecified atom stereocenters. The molecule has 1 N–H and O–H groups in total. The van der Waals surface area contributed by atoms with Crippen molar-refractivity contribution in [2.45, 2.75) is 32.0 Å². The van der Waals surface area contributed by atoms with E-state index in [1.807, 2.05) is 13.0 Å². The Morgan fingerprint density at radius 2 is 2.12 bits per heavy atom. The summed E-state index contributed by atoms with van der Waals surface area (Å²) >= 11 is 0. The topological polar surface area (TPSA) is 72.5 Å². The molecule has 1 fully saturated rings. The first-order valence-electron chi connectivity index (χ1n) is 8.27. The van der Waals surface area contributed by atoms with Crippen molar-refractivity contribution in [3.8, 4) is 11.5 Å². The van der Waals surface area contributed by atoms with Crippen LogP contribution in [0.2, 0.25) is 0 Å². The number of rotatable bonds is 4. The summed E-state index contributed by atoms with van der Waals surface area (Å²) in [6.45, 7) is 4.80. The van der Waals surface area contributed by atoms with E-state index in [4.69, 9.17) is 14.2 Å². The van der Waals surface area contributed by atoms with Gasteiger partial charge in [0.25, 0.3) is 0 Å². The Kier molecular flexibility index (Phi) is 4.12. The molecule has 0 bridgehead atoms. The summed E-state index contributed by atoms with van der Waals surface area (Å²) in [5, 5.41) is 7.29. The Morgan fingerprint density at radius 1 is 1.29 bits per heavy atom. The highest BCUT2D eigenvalue weighted by Gasteiger charge is 2.35. The quantitative estimate of drug-likeness (QED) is 0.922. The van der Waals surface area contributed by atoms with Crippen LogP contribution in [0.5, 0.6) is 11.5 Å². The number of fused-ring (bicyclic) bond motifs is 1. The maximum atomic E-state index is 5.69. The van der Waals surface area contributed by atoms with E-state index in [9.17, 15) is 0 Å². The van der Waals surface area contributed by atoms with Gasteiger partial charge in [-0.3, -0.25) is 10.00 Å². The second kappa shape index (κ2) is 6.41. The van der Waals surface area contributed by atoms with Crippen LogP contribution in [0.25, 0.3) is 0 Å². The Morgan fingerprint density at radius 3 is 2.88 bits per heavy atom. The third kappa shape index (κ3) is 2.97. The van der Waals surface area contributed by atoms with Crippen molar-refractivity contribution >= 4 is 0 Å². The summed E-state index contributed by atoms with van der Waals surface area (Å²) in [5.74, 6) is 3.32. The normalized spacial score (nSPS) is 23.6. The van der Waals surface area contributed by atoms with Gasteiger partial charge in [0.1, 0.15) is 19.0 Å². The summed E-state index contributed by atoms with van der Waals surface area (Å²) in [6.07, 6.45) is 1.10. The van der Waals surface area contributed by atoms with Crippen LogP contribution in [-0.4, -0.2) is 53.1 Å². The smallest absolute Gasteiger partial charge is 0.167 e. The number of aryl methyl sites for hydroxylation is 1. The molecule has 0 spiro atoms. The molecule has 128 valence electrons. The molecule has 24 heavy (non-hydrogen) atoms. The number of aromatic amines is 1. The molecule has 2 aromatic rings. The fourth-order valence-corrected chi connectivity index (χ4v) is 3.41. The van der Waals surface area contributed by atoms with Gasteiger partial charge >= 0.3 is 0 Å². The monoisotopic (exact) mass is 330 g/mol. The largest absolute Gasteiger partial charge is 0.486 e. The van der Waals surface area contributed by atoms with Crippen molar-refractivity contribution in [3.05, 3.63) is 35.4 Å². The van der Waals surface area contributed by atoms with E-state index in [0.29, 0.717) is 13.2 Å². The van der Waals surface area contributed by atoms with Gasteiger partial charge < -0.3 is 14.2 Å². The number of aromatic nitrogens is 3. The first kappa shape index (κ1) is 15.4. The van der Waals surface area contributed by atoms with Crippen molar-refractivity contribution in [1.29, 1.82) is 0 Å². The van der Waals surface area contributed by atoms with Gasteiger partial charge in [-0.15, -0.1) is 0 Å². The molecule has 1 saturated heterocycles. The highest BCUT2D eigenvalue weighted by molar-refractivity contribution is 5.43. The molecular weight excluding hydrogens is 308 g/mol. The first-order chi connectivity index (χ1) is 11.7. The molecule has 2 atom stereocenters. The van der Waals surface area contributed by atoms with E-state index in [0.717, 1.165) is 42.7 Å². The number of nitrogens with zero attached hydrogens (tertiary/aromatic N) is 3. The van der Waals surface area contributed by atoms with Crippen molar-refractivity contribution in [2.24, 2.45) is 0 Å². The maximum Gasteiger partial charge on any atom is 0.167 e. The lowest BCUT2D eigenvalue weighted by Crippen LogP contribution is -2.25. The van der Waals surface area contributed by atoms with Crippen LogP contribution in [0.1, 0.15) is 29.7 Å². The summed E-state index contributed by atoms with van der Waals surface area (Å²) in [5.41, 5.74) is 1.19. The molecule has 1 aromatic carbocycles. The van der Waals surface area contributed by atoms with Gasteiger partial charge in [-0.25, -0.2) is 4.98 Å². The molecule has 2 aliphatic heterocycles. The Labute approximate surface area is 140 Å². The minimum atomic E-state index is 0.160. The minimum absolute atomic E-state index is 0.160. The zero-order valence-electron chi connectivity index (χ0n) is 14.0. The molecule has 0 amide bonds. The summed E-state index contributed by atoms with van der Waals surface area (Å²) in [4.78, 5) is 6.88. The number of hydrogen-bond donors (Lipinski definition) is 1. The number of H-pyrrole nitrogens is 1. The fourth-order valence-electron chi connectivity index (χ4n) is 3.41. The molecule has 3 heterocycles. The lowest BCUT2D eigenvalue weighted by Gasteiger charge is -2.23. The predicted octanol–water partition coefficient (Wildman–Crippen LogP) is 1.85. The molecule has 2 aliphatic rings. The molecule has 0 radical (unpaired) electrons. The van der Waals surface area contributed by atoms with Gasteiger partial charge in [0.15, 0.2) is 17.3 Å². The Hall–Kier alpha value is -2.12. The van der Waals surface area contributed by atoms with Gasteiger partial charge in [-0.1, -0.05) is 6.07 Å². The highest BCUT2D eigenvalue weighted by Crippen LogP contribution is 2.35. The lowest BCUT2D eigenvalue weighted by atomic mass is 10.1. The number of nitrogens with one attached hydrogen (secondary N) is 1. The van der Waals surface area contributed by atoms with Crippen molar-refractivity contribution in [1.82, 2.24) is 20.1 Å². The van der Waals surface area contributed by atoms with Crippen LogP contribution < -0.4 is 9.47 Å². The van der Waals surface area contributed by atoms with E-state index in [1.165, 1.54) is 5.56 Å². The van der Waals surface area contributed by atoms with E-state index in [-0.39, 0.29) is 12.1 Å². The molecular formula is C17H22N4O3. The van der Waals surface area contributed by atoms with Crippen LogP contribution in [0.4, 0.5) is 0 Å². The summed E-state index contributed by atoms with van der Waals surface area (Å²) in [7, 11) is 1.76. The third-order valence-electron chi connectivity index (χ3n) is 4.60. The van der Waals surface area contributed by atoms with Crippen molar-refractivity contribution < 1.29 is 14.2 Å². The summed E-state index contributed by atoms with van der Waals surface area (Å²) < 4.78 is 16.9. The minimum Gasteiger partial charge on any atom is -0.486 e. The Balaban J connectivity index is 1.55. The van der Waals surface area contributed by atoms with Crippen LogP contribution >= 0.6 is 0 Å². The van der Waals surface area contributed by atoms with Crippen molar-refractivity contribution in [2.75, 3.05) is 26.9 Å². The van der Waals surface area contributed by atoms with Gasteiger partial charge in [0, 0.05) is 20.2 Å². The average Bonchev–Trinajstić information content (AvgIpc) is 3.20. The second-order valence-electron chi connectivity index (χ2n) is 6.30. The zero-order chi connectivity index (χ0) is 16.5. The molecule has 0 saturated carbocycles. The summed E-state index contributed by atoms with van der Waals surface area (Å²) in [6, 6.07) is 6.30. The highest BCUT2D eigenvalue weighted by atomic mass is 16.6. The van der Waals surface area contributed by atoms with Crippen LogP contribution in [0, 0.1) is 6.92 Å². The molecule has 7 heteroatoms. The second-order valence-corrected chi connectivity index (χ2v) is 6.30. The fraction of sp³-hybridized carbons (Fsp3) is 0.529. The molecule has 4 rings (SSSR count). The lowest BCUT2D eigenvalue weighted by molar-refractivity contribution is 0.107. The van der Waals surface area contributed by atoms with Gasteiger partial charge in [-0.2, -0.15) is 5.10 Å². The van der Waals surface area contributed by atoms with Gasteiger partial charge in [0.05, 0.1) is 12.1 Å². The maximum absolute atomic E-state index is 5.69. The SMILES string of the molecule is CO[C@@H]1C[C@@H](c2n[nH]c(C)n2)N(Cc2ccc3c(c2)OCCO3)C1. The van der Waals surface area contributed by atoms with Crippen LogP contribution in [-0.2, 0) is 11.3 Å². The van der Waals surface area contributed by atoms with E-state index < -0.39 is 0 Å². The number of hydrogen-bond acceptors (Lipinski definition) is 6. The standard InChI is InChI=1S/C17H22N4O3/c1-11-18-17(20-19-11)14-8-13(22-2)10-21(14)9-12-3-4-15-16(7-12)24-6-5-23-15/h3-4,7,13-14H,5-6,8-10H2,1-2H3,(H,18,19,20)/t13-,14+/m1/s1. The number of methoxy groups -OCH3 is 1. The third-order valence-corrected chi connectivity index (χ3v) is 4.60. The first-order valence-corrected chi connectivity index (χ1v) is 8.27. The Bertz CT molecular complexity index is 718. The van der Waals surface area contributed by atoms with Gasteiger partial charge in [0.2, 0.25) is 0 Å². The van der Waals surface area contributed by atoms with Gasteiger partial charge in [-0.05, 0) is 31.0 Å². The van der Waals surface area contributed by atoms with Crippen molar-refractivity contribution in [3.63, 3.8) is 0 Å².